The molecule has 184 valence electrons. The Balaban J connectivity index is 1.33. The van der Waals surface area contributed by atoms with Gasteiger partial charge < -0.3 is 24.3 Å². The average Bonchev–Trinajstić information content (AvgIpc) is 3.54. The van der Waals surface area contributed by atoms with E-state index in [1.807, 2.05) is 43.3 Å². The monoisotopic (exact) mass is 489 g/mol. The molecule has 1 aromatic heterocycles. The molecule has 0 bridgehead atoms. The third kappa shape index (κ3) is 3.77. The summed E-state index contributed by atoms with van der Waals surface area (Å²) in [6.45, 7) is 4.40. The molecule has 2 aliphatic rings. The summed E-state index contributed by atoms with van der Waals surface area (Å²) >= 11 is 0. The minimum Gasteiger partial charge on any atom is -0.489 e. The molecule has 0 amide bonds. The van der Waals surface area contributed by atoms with Gasteiger partial charge in [0.05, 0.1) is 29.4 Å². The number of benzene rings is 3. The lowest BCUT2D eigenvalue weighted by Gasteiger charge is -2.15. The summed E-state index contributed by atoms with van der Waals surface area (Å²) in [5.41, 5.74) is 4.64. The Morgan fingerprint density at radius 2 is 2.03 bits per heavy atom. The highest BCUT2D eigenvalue weighted by Gasteiger charge is 2.31. The molecule has 0 fully saturated rings. The van der Waals surface area contributed by atoms with Crippen molar-refractivity contribution in [2.45, 2.75) is 26.0 Å². The molecule has 3 heterocycles. The van der Waals surface area contributed by atoms with Gasteiger partial charge in [0.15, 0.2) is 6.10 Å². The van der Waals surface area contributed by atoms with E-state index in [0.717, 1.165) is 22.5 Å². The van der Waals surface area contributed by atoms with E-state index in [2.05, 4.69) is 10.3 Å². The van der Waals surface area contributed by atoms with E-state index >= 15 is 0 Å². The number of imidazole rings is 1. The van der Waals surface area contributed by atoms with Crippen LogP contribution < -0.4 is 19.5 Å². The predicted molar refractivity (Wildman–Crippen MR) is 130 cm³/mol. The molecule has 0 radical (unpaired) electrons. The summed E-state index contributed by atoms with van der Waals surface area (Å²) in [5, 5.41) is 3.51. The number of carbonyl (C=O) groups excluding carboxylic acids is 1. The first-order chi connectivity index (χ1) is 17.5. The van der Waals surface area contributed by atoms with Crippen LogP contribution in [-0.2, 0) is 9.53 Å². The molecule has 8 nitrogen and oxygen atoms in total. The molecule has 4 aromatic rings. The number of fused-ring (bicyclic) bond motifs is 3. The van der Waals surface area contributed by atoms with Crippen molar-refractivity contribution in [1.29, 1.82) is 0 Å². The maximum atomic E-state index is 14.1. The van der Waals surface area contributed by atoms with E-state index in [0.29, 0.717) is 48.4 Å². The number of carbonyl (C=O) groups is 1. The van der Waals surface area contributed by atoms with Crippen LogP contribution in [0.2, 0.25) is 0 Å². The van der Waals surface area contributed by atoms with Crippen molar-refractivity contribution in [1.82, 2.24) is 9.55 Å². The molecule has 2 atom stereocenters. The Morgan fingerprint density at radius 3 is 2.86 bits per heavy atom. The first-order valence-corrected chi connectivity index (χ1v) is 11.8. The van der Waals surface area contributed by atoms with E-state index < -0.39 is 0 Å². The summed E-state index contributed by atoms with van der Waals surface area (Å²) in [5.74, 6) is 0.684. The summed E-state index contributed by atoms with van der Waals surface area (Å²) in [7, 11) is 0. The molecule has 0 spiro atoms. The van der Waals surface area contributed by atoms with Crippen molar-refractivity contribution in [2.24, 2.45) is 0 Å². The van der Waals surface area contributed by atoms with E-state index in [1.54, 1.807) is 10.6 Å². The fourth-order valence-corrected chi connectivity index (χ4v) is 4.78. The molecule has 0 saturated heterocycles. The van der Waals surface area contributed by atoms with Crippen LogP contribution in [0.5, 0.6) is 17.5 Å². The molecule has 0 saturated carbocycles. The third-order valence-electron chi connectivity index (χ3n) is 6.29. The number of hydrogen-bond acceptors (Lipinski definition) is 7. The van der Waals surface area contributed by atoms with Gasteiger partial charge in [0.1, 0.15) is 30.5 Å². The SMILES string of the molecule is CCOc1nc2ccc(F)cc2n1-c1cccc2c1OC[C@@H]2Nc1ccc2c(c1)OC[C@H]2OC(C)=O. The zero-order valence-corrected chi connectivity index (χ0v) is 19.8. The number of para-hydroxylation sites is 1. The van der Waals surface area contributed by atoms with Gasteiger partial charge in [-0.05, 0) is 37.3 Å². The van der Waals surface area contributed by atoms with Crippen molar-refractivity contribution < 1.29 is 28.1 Å². The third-order valence-corrected chi connectivity index (χ3v) is 6.29. The zero-order valence-electron chi connectivity index (χ0n) is 19.8. The van der Waals surface area contributed by atoms with Gasteiger partial charge in [-0.2, -0.15) is 4.98 Å². The molecule has 9 heteroatoms. The maximum absolute atomic E-state index is 14.1. The Morgan fingerprint density at radius 1 is 1.14 bits per heavy atom. The van der Waals surface area contributed by atoms with Crippen LogP contribution in [-0.4, -0.2) is 35.3 Å². The Kier molecular flexibility index (Phi) is 5.40. The molecule has 0 unspecified atom stereocenters. The molecule has 3 aromatic carbocycles. The molecule has 1 N–H and O–H groups in total. The highest BCUT2D eigenvalue weighted by molar-refractivity contribution is 5.80. The molecular formula is C27H24FN3O5. The van der Waals surface area contributed by atoms with Crippen LogP contribution in [0.25, 0.3) is 16.7 Å². The maximum Gasteiger partial charge on any atom is 0.303 e. The largest absolute Gasteiger partial charge is 0.489 e. The van der Waals surface area contributed by atoms with Crippen LogP contribution >= 0.6 is 0 Å². The quantitative estimate of drug-likeness (QED) is 0.377. The Bertz CT molecular complexity index is 1480. The summed E-state index contributed by atoms with van der Waals surface area (Å²) < 4.78 is 38.9. The second-order valence-electron chi connectivity index (χ2n) is 8.66. The smallest absolute Gasteiger partial charge is 0.303 e. The second kappa shape index (κ2) is 8.75. The predicted octanol–water partition coefficient (Wildman–Crippen LogP) is 5.11. The van der Waals surface area contributed by atoms with Crippen LogP contribution in [0.4, 0.5) is 10.1 Å². The number of anilines is 1. The number of halogens is 1. The highest BCUT2D eigenvalue weighted by Crippen LogP contribution is 2.43. The van der Waals surface area contributed by atoms with Crippen molar-refractivity contribution in [3.63, 3.8) is 0 Å². The van der Waals surface area contributed by atoms with Gasteiger partial charge in [0.2, 0.25) is 0 Å². The number of esters is 1. The topological polar surface area (TPSA) is 83.8 Å². The van der Waals surface area contributed by atoms with E-state index in [1.165, 1.54) is 19.1 Å². The summed E-state index contributed by atoms with van der Waals surface area (Å²) in [6, 6.07) is 16.3. The number of nitrogens with zero attached hydrogens (tertiary/aromatic N) is 2. The number of rotatable bonds is 6. The molecule has 0 aliphatic carbocycles. The van der Waals surface area contributed by atoms with Crippen LogP contribution in [0.15, 0.2) is 54.6 Å². The first-order valence-electron chi connectivity index (χ1n) is 11.8. The highest BCUT2D eigenvalue weighted by atomic mass is 19.1. The van der Waals surface area contributed by atoms with Gasteiger partial charge in [0, 0.05) is 35.9 Å². The van der Waals surface area contributed by atoms with Crippen molar-refractivity contribution in [3.8, 4) is 23.2 Å². The fraction of sp³-hybridized carbons (Fsp3) is 0.259. The lowest BCUT2D eigenvalue weighted by atomic mass is 10.1. The van der Waals surface area contributed by atoms with Crippen molar-refractivity contribution in [2.75, 3.05) is 25.1 Å². The second-order valence-corrected chi connectivity index (χ2v) is 8.66. The van der Waals surface area contributed by atoms with Gasteiger partial charge in [-0.3, -0.25) is 9.36 Å². The number of hydrogen-bond donors (Lipinski definition) is 1. The standard InChI is InChI=1S/C27H24FN3O5/c1-3-33-27-30-20-10-7-16(28)11-23(20)31(27)22-6-4-5-18-21(13-35-26(18)22)29-17-8-9-19-24(12-17)34-14-25(19)36-15(2)32/h4-12,21,25,29H,3,13-14H2,1-2H3/t21-,25+/m0/s1. The number of nitrogens with one attached hydrogen (secondary N) is 1. The molecule has 6 rings (SSSR count). The Hall–Kier alpha value is -4.27. The Labute approximate surface area is 206 Å². The van der Waals surface area contributed by atoms with Gasteiger partial charge in [-0.1, -0.05) is 12.1 Å². The minimum absolute atomic E-state index is 0.120. The normalized spacial score (nSPS) is 17.8. The average molecular weight is 490 g/mol. The number of ether oxygens (including phenoxy) is 4. The molecule has 36 heavy (non-hydrogen) atoms. The minimum atomic E-state index is -0.390. The first kappa shape index (κ1) is 22.2. The van der Waals surface area contributed by atoms with Crippen LogP contribution in [0, 0.1) is 5.82 Å². The van der Waals surface area contributed by atoms with E-state index in [4.69, 9.17) is 18.9 Å². The zero-order chi connectivity index (χ0) is 24.8. The van der Waals surface area contributed by atoms with Gasteiger partial charge in [0.25, 0.3) is 0 Å². The lowest BCUT2D eigenvalue weighted by molar-refractivity contribution is -0.147. The van der Waals surface area contributed by atoms with Crippen molar-refractivity contribution in [3.05, 3.63) is 71.5 Å². The van der Waals surface area contributed by atoms with E-state index in [9.17, 15) is 9.18 Å². The van der Waals surface area contributed by atoms with Crippen molar-refractivity contribution >= 4 is 22.7 Å². The summed E-state index contributed by atoms with van der Waals surface area (Å²) in [6.07, 6.45) is -0.390. The van der Waals surface area contributed by atoms with Gasteiger partial charge in [-0.25, -0.2) is 4.39 Å². The van der Waals surface area contributed by atoms with E-state index in [-0.39, 0.29) is 23.9 Å². The van der Waals surface area contributed by atoms with Crippen LogP contribution in [0.3, 0.4) is 0 Å². The summed E-state index contributed by atoms with van der Waals surface area (Å²) in [4.78, 5) is 15.9. The molecular weight excluding hydrogens is 465 g/mol. The van der Waals surface area contributed by atoms with Gasteiger partial charge in [-0.15, -0.1) is 0 Å². The molecule has 2 aliphatic heterocycles. The fourth-order valence-electron chi connectivity index (χ4n) is 4.78. The van der Waals surface area contributed by atoms with Crippen LogP contribution in [0.1, 0.15) is 37.1 Å². The number of aromatic nitrogens is 2. The lowest BCUT2D eigenvalue weighted by Crippen LogP contribution is -2.12. The van der Waals surface area contributed by atoms with Gasteiger partial charge >= 0.3 is 12.0 Å².